The predicted octanol–water partition coefficient (Wildman–Crippen LogP) is 7.92. The highest BCUT2D eigenvalue weighted by Crippen LogP contribution is 2.60. The lowest BCUT2D eigenvalue weighted by Gasteiger charge is -2.55. The van der Waals surface area contributed by atoms with Crippen LogP contribution in [0.3, 0.4) is 0 Å². The Kier molecular flexibility index (Phi) is 7.52. The zero-order valence-corrected chi connectivity index (χ0v) is 33.4. The van der Waals surface area contributed by atoms with Crippen LogP contribution in [0.25, 0.3) is 43.6 Å². The highest BCUT2D eigenvalue weighted by Gasteiger charge is 2.61. The number of carboxylic acid groups (broad SMARTS) is 2. The van der Waals surface area contributed by atoms with Crippen molar-refractivity contribution in [3.8, 4) is 0 Å². The highest BCUT2D eigenvalue weighted by molar-refractivity contribution is 7.91. The maximum absolute atomic E-state index is 15.4. The number of fused-ring (bicyclic) bond motifs is 12. The van der Waals surface area contributed by atoms with Gasteiger partial charge in [0.15, 0.2) is 0 Å². The predicted molar refractivity (Wildman–Crippen MR) is 217 cm³/mol. The monoisotopic (exact) mass is 788 g/mol. The van der Waals surface area contributed by atoms with Crippen LogP contribution in [0.15, 0.2) is 70.5 Å². The maximum atomic E-state index is 15.4. The van der Waals surface area contributed by atoms with Crippen molar-refractivity contribution < 1.29 is 38.4 Å². The van der Waals surface area contributed by atoms with Gasteiger partial charge in [-0.3, -0.25) is 9.59 Å². The molecule has 6 aromatic rings. The van der Waals surface area contributed by atoms with Gasteiger partial charge in [0.25, 0.3) is 0 Å². The van der Waals surface area contributed by atoms with Crippen molar-refractivity contribution >= 4 is 65.4 Å². The molecule has 6 N–H and O–H groups in total. The van der Waals surface area contributed by atoms with Gasteiger partial charge in [-0.1, -0.05) is 32.0 Å². The molecule has 10 rings (SSSR count). The van der Waals surface area contributed by atoms with Gasteiger partial charge in [-0.15, -0.1) is 0 Å². The third kappa shape index (κ3) is 4.56. The first-order valence-corrected chi connectivity index (χ1v) is 21.7. The third-order valence-corrected chi connectivity index (χ3v) is 17.9. The van der Waals surface area contributed by atoms with Crippen LogP contribution in [0.2, 0.25) is 0 Å². The second-order valence-corrected chi connectivity index (χ2v) is 20.4. The number of hydrogen-bond acceptors (Lipinski definition) is 6. The molecule has 0 spiro atoms. The fraction of sp³-hybridized carbons (Fsp3) is 0.435. The van der Waals surface area contributed by atoms with Gasteiger partial charge in [-0.2, -0.15) is 0 Å². The quantitative estimate of drug-likeness (QED) is 0.104. The molecule has 11 heteroatoms. The number of H-pyrrole nitrogens is 2. The molecule has 8 atom stereocenters. The van der Waals surface area contributed by atoms with Gasteiger partial charge >= 0.3 is 11.9 Å². The van der Waals surface area contributed by atoms with E-state index >= 15 is 8.42 Å². The molecule has 296 valence electrons. The standard InChI is InChI=1S/C46H48N2O8S/c1-43-17-15-37(49)45(3,41(51)52)35(43)13-9-23-19-34-28(21-30(23)43)27-20-24(10-12-33(27)47-34)57(55,56)40-26-11-14-36-44(2,18-16-38(50)46(36,4)42(53)54)31(26)22-29-25-7-5-6-8-32(25)48-39(29)40/h5-8,10,12,19-22,35-38,47-50H,9,11,13-18H2,1-4H3,(H,51,52)(H,53,54)/t35-,36-,37+,38+,43-,44-,45+,46+/m1/s1. The lowest BCUT2D eigenvalue weighted by atomic mass is 9.49. The van der Waals surface area contributed by atoms with E-state index in [1.165, 1.54) is 0 Å². The van der Waals surface area contributed by atoms with Crippen LogP contribution in [-0.4, -0.2) is 63.0 Å². The van der Waals surface area contributed by atoms with E-state index in [9.17, 15) is 30.0 Å². The zero-order valence-electron chi connectivity index (χ0n) is 32.6. The molecule has 2 saturated carbocycles. The van der Waals surface area contributed by atoms with Gasteiger partial charge in [0.05, 0.1) is 38.3 Å². The number of nitrogens with one attached hydrogen (secondary N) is 2. The number of aryl methyl sites for hydroxylation is 1. The van der Waals surface area contributed by atoms with Gasteiger partial charge < -0.3 is 30.4 Å². The van der Waals surface area contributed by atoms with Crippen molar-refractivity contribution in [1.29, 1.82) is 0 Å². The Hall–Kier alpha value is -4.71. The van der Waals surface area contributed by atoms with Crippen molar-refractivity contribution in [1.82, 2.24) is 9.97 Å². The van der Waals surface area contributed by atoms with E-state index < -0.39 is 61.6 Å². The van der Waals surface area contributed by atoms with Gasteiger partial charge in [0, 0.05) is 38.1 Å². The number of carbonyl (C=O) groups is 2. The molecule has 0 saturated heterocycles. The van der Waals surface area contributed by atoms with Crippen molar-refractivity contribution in [2.24, 2.45) is 22.7 Å². The van der Waals surface area contributed by atoms with E-state index in [2.05, 4.69) is 42.0 Å². The number of hydrogen-bond donors (Lipinski definition) is 6. The fourth-order valence-corrected chi connectivity index (χ4v) is 14.4. The number of aromatic amines is 2. The number of rotatable bonds is 4. The van der Waals surface area contributed by atoms with Crippen LogP contribution in [0.1, 0.15) is 88.5 Å². The minimum atomic E-state index is -4.20. The number of aromatic nitrogens is 2. The second kappa shape index (κ2) is 11.7. The van der Waals surface area contributed by atoms with Crippen LogP contribution in [0.5, 0.6) is 0 Å². The Morgan fingerprint density at radius 2 is 1.23 bits per heavy atom. The molecule has 10 nitrogen and oxygen atoms in total. The largest absolute Gasteiger partial charge is 0.481 e. The van der Waals surface area contributed by atoms with Crippen LogP contribution in [0, 0.1) is 22.7 Å². The molecular weight excluding hydrogens is 741 g/mol. The fourth-order valence-electron chi connectivity index (χ4n) is 12.7. The average molecular weight is 789 g/mol. The molecule has 57 heavy (non-hydrogen) atoms. The minimum Gasteiger partial charge on any atom is -0.481 e. The summed E-state index contributed by atoms with van der Waals surface area (Å²) in [6, 6.07) is 19.3. The first kappa shape index (κ1) is 36.6. The molecule has 0 radical (unpaired) electrons. The molecule has 4 aliphatic rings. The minimum absolute atomic E-state index is 0.145. The topological polar surface area (TPSA) is 181 Å². The number of para-hydroxylation sites is 1. The Morgan fingerprint density at radius 1 is 0.649 bits per heavy atom. The Morgan fingerprint density at radius 3 is 1.89 bits per heavy atom. The van der Waals surface area contributed by atoms with E-state index in [1.807, 2.05) is 30.3 Å². The first-order valence-electron chi connectivity index (χ1n) is 20.2. The molecule has 0 aliphatic heterocycles. The van der Waals surface area contributed by atoms with E-state index in [-0.39, 0.29) is 15.7 Å². The molecule has 0 unspecified atom stereocenters. The highest BCUT2D eigenvalue weighted by atomic mass is 32.2. The van der Waals surface area contributed by atoms with Crippen LogP contribution >= 0.6 is 0 Å². The molecule has 0 amide bonds. The smallest absolute Gasteiger partial charge is 0.312 e. The first-order chi connectivity index (χ1) is 27.0. The number of benzene rings is 4. The van der Waals surface area contributed by atoms with Crippen molar-refractivity contribution in [2.75, 3.05) is 0 Å². The number of aliphatic hydroxyl groups is 2. The summed E-state index contributed by atoms with van der Waals surface area (Å²) in [6.45, 7) is 7.51. The number of sulfone groups is 1. The SMILES string of the molecule is C[C@@]1(C(=O)O)[C@@H](O)CC[C@]2(C)c3cc4c(cc3CC[C@@H]12)[nH]c1ccc(S(=O)(=O)c2c3c(cc5c2[nH]c2ccccc25)[C@@]2(C)CC[C@H](O)[C@@](C)(C(=O)O)[C@@H]2CC3)cc14. The van der Waals surface area contributed by atoms with Crippen molar-refractivity contribution in [3.63, 3.8) is 0 Å². The number of aliphatic carboxylic acids is 2. The van der Waals surface area contributed by atoms with Crippen LogP contribution in [0.4, 0.5) is 0 Å². The summed E-state index contributed by atoms with van der Waals surface area (Å²) in [4.78, 5) is 32.9. The van der Waals surface area contributed by atoms with Crippen LogP contribution < -0.4 is 0 Å². The average Bonchev–Trinajstić information content (AvgIpc) is 3.73. The zero-order chi connectivity index (χ0) is 40.2. The van der Waals surface area contributed by atoms with Gasteiger partial charge in [-0.05, 0) is 153 Å². The lowest BCUT2D eigenvalue weighted by Crippen LogP contribution is -2.58. The third-order valence-electron chi connectivity index (χ3n) is 16.0. The van der Waals surface area contributed by atoms with E-state index in [1.54, 1.807) is 26.0 Å². The molecule has 2 aromatic heterocycles. The van der Waals surface area contributed by atoms with E-state index in [4.69, 9.17) is 0 Å². The van der Waals surface area contributed by atoms with E-state index in [0.29, 0.717) is 62.4 Å². The number of aliphatic hydroxyl groups excluding tert-OH is 2. The number of carboxylic acids is 2. The lowest BCUT2D eigenvalue weighted by molar-refractivity contribution is -0.172. The second-order valence-electron chi connectivity index (χ2n) is 18.5. The summed E-state index contributed by atoms with van der Waals surface area (Å²) >= 11 is 0. The maximum Gasteiger partial charge on any atom is 0.312 e. The summed E-state index contributed by atoms with van der Waals surface area (Å²) in [5, 5.41) is 46.3. The van der Waals surface area contributed by atoms with Crippen LogP contribution in [-0.2, 0) is 43.1 Å². The molecule has 0 bridgehead atoms. The van der Waals surface area contributed by atoms with Crippen molar-refractivity contribution in [3.05, 3.63) is 82.9 Å². The van der Waals surface area contributed by atoms with Gasteiger partial charge in [-0.25, -0.2) is 8.42 Å². The molecule has 4 aromatic carbocycles. The summed E-state index contributed by atoms with van der Waals surface area (Å²) < 4.78 is 30.9. The van der Waals surface area contributed by atoms with Gasteiger partial charge in [0.1, 0.15) is 0 Å². The Labute approximate surface area is 330 Å². The summed E-state index contributed by atoms with van der Waals surface area (Å²) in [6.07, 6.45) is 1.98. The normalized spacial score (nSPS) is 32.5. The molecule has 2 fully saturated rings. The molecule has 4 aliphatic carbocycles. The van der Waals surface area contributed by atoms with Crippen molar-refractivity contribution in [2.45, 2.75) is 112 Å². The Bertz CT molecular complexity index is 2880. The Balaban J connectivity index is 1.17. The summed E-state index contributed by atoms with van der Waals surface area (Å²) in [5.41, 5.74) is 2.87. The van der Waals surface area contributed by atoms with E-state index in [0.717, 1.165) is 54.8 Å². The van der Waals surface area contributed by atoms with Gasteiger partial charge in [0.2, 0.25) is 9.84 Å². The summed E-state index contributed by atoms with van der Waals surface area (Å²) in [5.74, 6) is -2.70. The molecule has 2 heterocycles. The molecular formula is C46H48N2O8S. The summed E-state index contributed by atoms with van der Waals surface area (Å²) in [7, 11) is -4.20.